The molecule has 0 fully saturated rings. The number of rotatable bonds is 9. The van der Waals surface area contributed by atoms with E-state index >= 15 is 0 Å². The Labute approximate surface area is 238 Å². The summed E-state index contributed by atoms with van der Waals surface area (Å²) >= 11 is 0. The fraction of sp³-hybridized carbons (Fsp3) is 0.270. The maximum Gasteiger partial charge on any atom is 0.138 e. The Morgan fingerprint density at radius 3 is 2.55 bits per heavy atom. The van der Waals surface area contributed by atoms with Crippen molar-refractivity contribution in [3.8, 4) is 0 Å². The predicted octanol–water partition coefficient (Wildman–Crippen LogP) is 9.23. The molecule has 0 saturated heterocycles. The molecule has 5 rings (SSSR count). The summed E-state index contributed by atoms with van der Waals surface area (Å²) in [4.78, 5) is 4.94. The summed E-state index contributed by atoms with van der Waals surface area (Å²) < 4.78 is 6.39. The molecule has 1 aliphatic carbocycles. The van der Waals surface area contributed by atoms with Crippen LogP contribution in [0.4, 0.5) is 0 Å². The zero-order valence-corrected chi connectivity index (χ0v) is 23.9. The van der Waals surface area contributed by atoms with E-state index in [1.807, 2.05) is 6.21 Å². The molecule has 0 spiro atoms. The summed E-state index contributed by atoms with van der Waals surface area (Å²) in [6, 6.07) is 23.3. The average molecular weight is 529 g/mol. The lowest BCUT2D eigenvalue weighted by Crippen LogP contribution is -2.25. The number of hydrogen-bond donors (Lipinski definition) is 1. The molecule has 204 valence electrons. The molecule has 1 aromatic heterocycles. The van der Waals surface area contributed by atoms with Crippen molar-refractivity contribution < 1.29 is 4.42 Å². The minimum atomic E-state index is 0.351. The number of aryl methyl sites for hydroxylation is 1. The SMILES string of the molecule is CC/C=C\C=C(/N)C1C[C@H](CN=C/C(=C\Cc2cccc3c2oc2c(C)cccc23)c2ccccc2)C=CC1C. The second-order valence-corrected chi connectivity index (χ2v) is 10.9. The summed E-state index contributed by atoms with van der Waals surface area (Å²) in [6.07, 6.45) is 18.1. The fourth-order valence-electron chi connectivity index (χ4n) is 5.66. The number of aliphatic imine (C=N–C) groups is 1. The van der Waals surface area contributed by atoms with Crippen LogP contribution in [0.15, 0.2) is 118 Å². The van der Waals surface area contributed by atoms with Gasteiger partial charge in [0.25, 0.3) is 0 Å². The van der Waals surface area contributed by atoms with Crippen LogP contribution in [-0.4, -0.2) is 12.8 Å². The van der Waals surface area contributed by atoms with E-state index in [4.69, 9.17) is 15.1 Å². The Balaban J connectivity index is 1.36. The number of hydrogen-bond acceptors (Lipinski definition) is 3. The highest BCUT2D eigenvalue weighted by Gasteiger charge is 2.25. The smallest absolute Gasteiger partial charge is 0.138 e. The lowest BCUT2D eigenvalue weighted by Gasteiger charge is -2.29. The molecule has 2 N–H and O–H groups in total. The van der Waals surface area contributed by atoms with E-state index in [0.29, 0.717) is 17.8 Å². The zero-order chi connectivity index (χ0) is 27.9. The van der Waals surface area contributed by atoms with Crippen LogP contribution in [0.3, 0.4) is 0 Å². The van der Waals surface area contributed by atoms with Crippen molar-refractivity contribution in [1.29, 1.82) is 0 Å². The van der Waals surface area contributed by atoms with Gasteiger partial charge in [-0.3, -0.25) is 4.99 Å². The number of benzene rings is 3. The molecule has 4 aromatic rings. The quantitative estimate of drug-likeness (QED) is 0.134. The molecule has 0 bridgehead atoms. The second kappa shape index (κ2) is 12.8. The zero-order valence-electron chi connectivity index (χ0n) is 23.9. The molecular formula is C37H40N2O. The van der Waals surface area contributed by atoms with Gasteiger partial charge in [-0.2, -0.15) is 0 Å². The first kappa shape index (κ1) is 27.5. The Hall–Kier alpha value is -4.11. The molecular weight excluding hydrogens is 488 g/mol. The summed E-state index contributed by atoms with van der Waals surface area (Å²) in [7, 11) is 0. The van der Waals surface area contributed by atoms with E-state index in [1.54, 1.807) is 0 Å². The molecule has 1 aliphatic rings. The van der Waals surface area contributed by atoms with Gasteiger partial charge in [-0.25, -0.2) is 0 Å². The van der Waals surface area contributed by atoms with E-state index in [9.17, 15) is 0 Å². The second-order valence-electron chi connectivity index (χ2n) is 10.9. The summed E-state index contributed by atoms with van der Waals surface area (Å²) in [5, 5.41) is 2.35. The largest absolute Gasteiger partial charge is 0.455 e. The number of allylic oxidation sites excluding steroid dienone is 7. The first-order chi connectivity index (χ1) is 19.5. The molecule has 1 heterocycles. The fourth-order valence-corrected chi connectivity index (χ4v) is 5.66. The third-order valence-electron chi connectivity index (χ3n) is 7.99. The normalized spacial score (nSPS) is 20.4. The van der Waals surface area contributed by atoms with Gasteiger partial charge in [0.1, 0.15) is 11.2 Å². The van der Waals surface area contributed by atoms with Crippen molar-refractivity contribution in [3.63, 3.8) is 0 Å². The van der Waals surface area contributed by atoms with Crippen LogP contribution in [0.5, 0.6) is 0 Å². The topological polar surface area (TPSA) is 51.5 Å². The lowest BCUT2D eigenvalue weighted by atomic mass is 9.78. The number of nitrogens with zero attached hydrogens (tertiary/aromatic N) is 1. The molecule has 0 saturated carbocycles. The molecule has 3 aromatic carbocycles. The van der Waals surface area contributed by atoms with E-state index < -0.39 is 0 Å². The van der Waals surface area contributed by atoms with Crippen LogP contribution in [0.25, 0.3) is 27.5 Å². The highest BCUT2D eigenvalue weighted by atomic mass is 16.3. The standard InChI is InChI=1S/C37H40N2O/c1-4-5-7-18-35(38)34-23-28(20-19-26(34)2)24-39-25-31(29-13-8-6-9-14-29)22-21-30-15-11-17-33-32-16-10-12-27(3)36(32)40-37(30)33/h5-20,22,25-26,28,34H,4,21,23-24,38H2,1-3H3/b7-5-,31-22+,35-18-,39-25?/t26?,28-,34?/m1/s1. The molecule has 0 aliphatic heterocycles. The average Bonchev–Trinajstić information content (AvgIpc) is 3.37. The molecule has 3 nitrogen and oxygen atoms in total. The van der Waals surface area contributed by atoms with Crippen molar-refractivity contribution >= 4 is 33.7 Å². The Morgan fingerprint density at radius 1 is 0.975 bits per heavy atom. The van der Waals surface area contributed by atoms with Crippen LogP contribution >= 0.6 is 0 Å². The summed E-state index contributed by atoms with van der Waals surface area (Å²) in [6.45, 7) is 7.25. The molecule has 40 heavy (non-hydrogen) atoms. The number of fused-ring (bicyclic) bond motifs is 3. The highest BCUT2D eigenvalue weighted by molar-refractivity contribution is 6.10. The minimum absolute atomic E-state index is 0.351. The van der Waals surface area contributed by atoms with Gasteiger partial charge >= 0.3 is 0 Å². The van der Waals surface area contributed by atoms with Gasteiger partial charge in [0.15, 0.2) is 0 Å². The van der Waals surface area contributed by atoms with Crippen molar-refractivity contribution in [3.05, 3.63) is 126 Å². The number of furan rings is 1. The van der Waals surface area contributed by atoms with Gasteiger partial charge in [0.2, 0.25) is 0 Å². The van der Waals surface area contributed by atoms with E-state index in [2.05, 4.69) is 124 Å². The van der Waals surface area contributed by atoms with Crippen LogP contribution in [0.1, 0.15) is 43.4 Å². The molecule has 3 atom stereocenters. The Kier molecular flexibility index (Phi) is 8.81. The van der Waals surface area contributed by atoms with Gasteiger partial charge in [-0.15, -0.1) is 0 Å². The summed E-state index contributed by atoms with van der Waals surface area (Å²) in [5.74, 6) is 1.17. The molecule has 0 radical (unpaired) electrons. The maximum absolute atomic E-state index is 6.48. The van der Waals surface area contributed by atoms with Crippen molar-refractivity contribution in [2.45, 2.75) is 40.0 Å². The summed E-state index contributed by atoms with van der Waals surface area (Å²) in [5.41, 5.74) is 14.0. The van der Waals surface area contributed by atoms with Gasteiger partial charge in [-0.05, 0) is 66.4 Å². The molecule has 3 heteroatoms. The van der Waals surface area contributed by atoms with Crippen LogP contribution in [0, 0.1) is 24.7 Å². The first-order valence-corrected chi connectivity index (χ1v) is 14.5. The van der Waals surface area contributed by atoms with E-state index in [0.717, 1.165) is 53.8 Å². The van der Waals surface area contributed by atoms with Crippen LogP contribution < -0.4 is 5.73 Å². The van der Waals surface area contributed by atoms with Crippen molar-refractivity contribution in [1.82, 2.24) is 0 Å². The third kappa shape index (κ3) is 6.20. The monoisotopic (exact) mass is 528 g/mol. The Bertz CT molecular complexity index is 1600. The Morgan fingerprint density at radius 2 is 1.75 bits per heavy atom. The predicted molar refractivity (Wildman–Crippen MR) is 172 cm³/mol. The highest BCUT2D eigenvalue weighted by Crippen LogP contribution is 2.34. The molecule has 0 amide bonds. The van der Waals surface area contributed by atoms with Gasteiger partial charge in [0.05, 0.1) is 0 Å². The van der Waals surface area contributed by atoms with Crippen molar-refractivity contribution in [2.75, 3.05) is 6.54 Å². The minimum Gasteiger partial charge on any atom is -0.455 e. The van der Waals surface area contributed by atoms with Gasteiger partial charge < -0.3 is 10.2 Å². The lowest BCUT2D eigenvalue weighted by molar-refractivity contribution is 0.371. The van der Waals surface area contributed by atoms with Gasteiger partial charge in [-0.1, -0.05) is 111 Å². The number of para-hydroxylation sites is 2. The maximum atomic E-state index is 6.48. The van der Waals surface area contributed by atoms with Crippen LogP contribution in [0.2, 0.25) is 0 Å². The third-order valence-corrected chi connectivity index (χ3v) is 7.99. The number of nitrogens with two attached hydrogens (primary N) is 1. The van der Waals surface area contributed by atoms with Gasteiger partial charge in [0, 0.05) is 35.1 Å². The van der Waals surface area contributed by atoms with Crippen molar-refractivity contribution in [2.24, 2.45) is 28.5 Å². The van der Waals surface area contributed by atoms with Crippen LogP contribution in [-0.2, 0) is 6.42 Å². The van der Waals surface area contributed by atoms with E-state index in [-0.39, 0.29) is 0 Å². The molecule has 2 unspecified atom stereocenters. The van der Waals surface area contributed by atoms with E-state index in [1.165, 1.54) is 21.9 Å². The first-order valence-electron chi connectivity index (χ1n) is 14.5.